The summed E-state index contributed by atoms with van der Waals surface area (Å²) in [4.78, 5) is 8.01. The molecule has 0 atom stereocenters. The molecule has 0 aliphatic rings. The third-order valence-corrected chi connectivity index (χ3v) is 2.60. The first-order valence-corrected chi connectivity index (χ1v) is 5.76. The van der Waals surface area contributed by atoms with Crippen LogP contribution in [0.1, 0.15) is 24.5 Å². The van der Waals surface area contributed by atoms with Gasteiger partial charge >= 0.3 is 0 Å². The van der Waals surface area contributed by atoms with E-state index in [2.05, 4.69) is 9.97 Å². The van der Waals surface area contributed by atoms with Gasteiger partial charge in [-0.05, 0) is 30.7 Å². The van der Waals surface area contributed by atoms with Gasteiger partial charge in [-0.1, -0.05) is 13.3 Å². The predicted octanol–water partition coefficient (Wildman–Crippen LogP) is 3.11. The highest BCUT2D eigenvalue weighted by Crippen LogP contribution is 2.17. The molecule has 4 heteroatoms. The largest absolute Gasteiger partial charge is 0.236 e. The summed E-state index contributed by atoms with van der Waals surface area (Å²) in [6.45, 7) is 1.98. The Balaban J connectivity index is 2.33. The maximum absolute atomic E-state index is 13.7. The monoisotopic (exact) mass is 241 g/mol. The summed E-state index contributed by atoms with van der Waals surface area (Å²) >= 11 is 0. The number of aromatic nitrogens is 2. The van der Waals surface area contributed by atoms with Crippen LogP contribution in [0.5, 0.6) is 0 Å². The molecule has 2 aromatic rings. The number of hydrogen-bond donors (Lipinski definition) is 0. The first-order chi connectivity index (χ1) is 8.74. The summed E-state index contributed by atoms with van der Waals surface area (Å²) in [6, 6.07) is 8.78. The Morgan fingerprint density at radius 3 is 2.56 bits per heavy atom. The van der Waals surface area contributed by atoms with Crippen LogP contribution in [0, 0.1) is 17.3 Å². The quantitative estimate of drug-likeness (QED) is 0.776. The molecule has 0 spiro atoms. The maximum Gasteiger partial charge on any atom is 0.219 e. The molecule has 0 fully saturated rings. The molecule has 0 aliphatic heterocycles. The minimum absolute atomic E-state index is 0.344. The summed E-state index contributed by atoms with van der Waals surface area (Å²) < 4.78 is 13.7. The van der Waals surface area contributed by atoms with E-state index in [1.54, 1.807) is 24.3 Å². The van der Waals surface area contributed by atoms with Crippen LogP contribution < -0.4 is 0 Å². The summed E-state index contributed by atoms with van der Waals surface area (Å²) in [5.41, 5.74) is 1.80. The van der Waals surface area contributed by atoms with E-state index < -0.39 is 5.95 Å². The van der Waals surface area contributed by atoms with Gasteiger partial charge in [-0.2, -0.15) is 14.6 Å². The van der Waals surface area contributed by atoms with E-state index in [9.17, 15) is 4.39 Å². The topological polar surface area (TPSA) is 49.6 Å². The normalized spacial score (nSPS) is 10.1. The van der Waals surface area contributed by atoms with Gasteiger partial charge in [0.1, 0.15) is 0 Å². The van der Waals surface area contributed by atoms with Crippen molar-refractivity contribution < 1.29 is 4.39 Å². The Morgan fingerprint density at radius 1 is 1.28 bits per heavy atom. The van der Waals surface area contributed by atoms with Crippen LogP contribution in [-0.2, 0) is 6.42 Å². The molecule has 1 aromatic heterocycles. The van der Waals surface area contributed by atoms with Crippen molar-refractivity contribution in [3.05, 3.63) is 47.5 Å². The van der Waals surface area contributed by atoms with E-state index in [-0.39, 0.29) is 0 Å². The summed E-state index contributed by atoms with van der Waals surface area (Å²) in [5, 5.41) is 8.70. The van der Waals surface area contributed by atoms with Crippen LogP contribution in [0.4, 0.5) is 4.39 Å². The zero-order valence-corrected chi connectivity index (χ0v) is 10.0. The fraction of sp³-hybridized carbons (Fsp3) is 0.214. The molecule has 0 radical (unpaired) electrons. The van der Waals surface area contributed by atoms with Gasteiger partial charge < -0.3 is 0 Å². The molecule has 2 rings (SSSR count). The minimum atomic E-state index is -0.466. The zero-order valence-electron chi connectivity index (χ0n) is 10.0. The lowest BCUT2D eigenvalue weighted by Crippen LogP contribution is -1.98. The fourth-order valence-electron chi connectivity index (χ4n) is 1.66. The number of aryl methyl sites for hydroxylation is 1. The molecule has 1 heterocycles. The van der Waals surface area contributed by atoms with Gasteiger partial charge in [0.15, 0.2) is 5.82 Å². The maximum atomic E-state index is 13.7. The van der Waals surface area contributed by atoms with Gasteiger partial charge in [0.25, 0.3) is 0 Å². The number of nitrogens with zero attached hydrogens (tertiary/aromatic N) is 3. The predicted molar refractivity (Wildman–Crippen MR) is 66.1 cm³/mol. The van der Waals surface area contributed by atoms with Gasteiger partial charge in [0.2, 0.25) is 5.95 Å². The Hall–Kier alpha value is -2.28. The van der Waals surface area contributed by atoms with Crippen molar-refractivity contribution in [2.24, 2.45) is 0 Å². The zero-order chi connectivity index (χ0) is 13.0. The molecule has 0 N–H and O–H groups in total. The number of hydrogen-bond acceptors (Lipinski definition) is 3. The van der Waals surface area contributed by atoms with Crippen LogP contribution in [0.3, 0.4) is 0 Å². The van der Waals surface area contributed by atoms with Crippen molar-refractivity contribution in [1.82, 2.24) is 9.97 Å². The standard InChI is InChI=1S/C14H12FN3/c1-2-3-12-9-17-14(18-13(12)15)11-6-4-10(8-16)5-7-11/h4-7,9H,2-3H2,1H3. The lowest BCUT2D eigenvalue weighted by molar-refractivity contribution is 0.561. The Morgan fingerprint density at radius 2 is 2.00 bits per heavy atom. The average Bonchev–Trinajstić information content (AvgIpc) is 2.41. The van der Waals surface area contributed by atoms with E-state index in [0.29, 0.717) is 28.9 Å². The van der Waals surface area contributed by atoms with Crippen molar-refractivity contribution in [3.8, 4) is 17.5 Å². The SMILES string of the molecule is CCCc1cnc(-c2ccc(C#N)cc2)nc1F. The lowest BCUT2D eigenvalue weighted by atomic mass is 10.1. The van der Waals surface area contributed by atoms with Gasteiger partial charge in [-0.25, -0.2) is 4.98 Å². The van der Waals surface area contributed by atoms with Crippen LogP contribution in [0.15, 0.2) is 30.5 Å². The number of rotatable bonds is 3. The molecule has 3 nitrogen and oxygen atoms in total. The van der Waals surface area contributed by atoms with E-state index >= 15 is 0 Å². The average molecular weight is 241 g/mol. The third kappa shape index (κ3) is 2.51. The van der Waals surface area contributed by atoms with Gasteiger partial charge in [0, 0.05) is 17.3 Å². The molecule has 0 saturated heterocycles. The molecular formula is C14H12FN3. The Labute approximate surface area is 105 Å². The van der Waals surface area contributed by atoms with Crippen molar-refractivity contribution >= 4 is 0 Å². The number of halogens is 1. The molecule has 18 heavy (non-hydrogen) atoms. The smallest absolute Gasteiger partial charge is 0.219 e. The fourth-order valence-corrected chi connectivity index (χ4v) is 1.66. The van der Waals surface area contributed by atoms with E-state index in [4.69, 9.17) is 5.26 Å². The summed E-state index contributed by atoms with van der Waals surface area (Å²) in [6.07, 6.45) is 3.02. The lowest BCUT2D eigenvalue weighted by Gasteiger charge is -2.03. The van der Waals surface area contributed by atoms with E-state index in [1.165, 1.54) is 6.20 Å². The highest BCUT2D eigenvalue weighted by Gasteiger charge is 2.07. The molecule has 0 saturated carbocycles. The molecular weight excluding hydrogens is 229 g/mol. The molecule has 0 bridgehead atoms. The number of benzene rings is 1. The molecule has 0 amide bonds. The van der Waals surface area contributed by atoms with Crippen LogP contribution in [0.2, 0.25) is 0 Å². The molecule has 0 unspecified atom stereocenters. The molecule has 0 aliphatic carbocycles. The number of nitriles is 1. The van der Waals surface area contributed by atoms with Crippen LogP contribution >= 0.6 is 0 Å². The second-order valence-corrected chi connectivity index (χ2v) is 3.95. The van der Waals surface area contributed by atoms with Gasteiger partial charge in [0.05, 0.1) is 11.6 Å². The van der Waals surface area contributed by atoms with Crippen LogP contribution in [-0.4, -0.2) is 9.97 Å². The first-order valence-electron chi connectivity index (χ1n) is 5.76. The van der Waals surface area contributed by atoms with Crippen molar-refractivity contribution in [3.63, 3.8) is 0 Å². The molecule has 90 valence electrons. The Bertz CT molecular complexity index is 585. The third-order valence-electron chi connectivity index (χ3n) is 2.60. The highest BCUT2D eigenvalue weighted by molar-refractivity contribution is 5.56. The summed E-state index contributed by atoms with van der Waals surface area (Å²) in [5.74, 6) is -0.122. The van der Waals surface area contributed by atoms with Crippen molar-refractivity contribution in [2.45, 2.75) is 19.8 Å². The molecule has 1 aromatic carbocycles. The van der Waals surface area contributed by atoms with Gasteiger partial charge in [-0.3, -0.25) is 0 Å². The Kier molecular flexibility index (Phi) is 3.63. The first kappa shape index (κ1) is 12.2. The second kappa shape index (κ2) is 5.37. The van der Waals surface area contributed by atoms with Crippen molar-refractivity contribution in [1.29, 1.82) is 5.26 Å². The van der Waals surface area contributed by atoms with Crippen LogP contribution in [0.25, 0.3) is 11.4 Å². The van der Waals surface area contributed by atoms with Crippen molar-refractivity contribution in [2.75, 3.05) is 0 Å². The summed E-state index contributed by atoms with van der Waals surface area (Å²) in [7, 11) is 0. The minimum Gasteiger partial charge on any atom is -0.236 e. The van der Waals surface area contributed by atoms with E-state index in [0.717, 1.165) is 6.42 Å². The second-order valence-electron chi connectivity index (χ2n) is 3.95. The van der Waals surface area contributed by atoms with Gasteiger partial charge in [-0.15, -0.1) is 0 Å². The highest BCUT2D eigenvalue weighted by atomic mass is 19.1. The van der Waals surface area contributed by atoms with E-state index in [1.807, 2.05) is 13.0 Å².